The van der Waals surface area contributed by atoms with Crippen molar-refractivity contribution in [3.05, 3.63) is 35.9 Å². The van der Waals surface area contributed by atoms with E-state index in [-0.39, 0.29) is 11.8 Å². The number of aryl methyl sites for hydroxylation is 1. The van der Waals surface area contributed by atoms with Crippen molar-refractivity contribution < 1.29 is 4.79 Å². The molecule has 0 saturated carbocycles. The second kappa shape index (κ2) is 7.42. The predicted molar refractivity (Wildman–Crippen MR) is 92.2 cm³/mol. The monoisotopic (exact) mass is 312 g/mol. The topological polar surface area (TPSA) is 69.8 Å². The number of nitrogens with one attached hydrogen (secondary N) is 3. The SMILES string of the molecule is CCCc1ccc(-c2cc(NC(=O)C3CCNCC3)n[nH]2)cc1. The maximum atomic E-state index is 12.2. The largest absolute Gasteiger partial charge is 0.317 e. The summed E-state index contributed by atoms with van der Waals surface area (Å²) in [5.41, 5.74) is 3.35. The molecule has 1 amide bonds. The Morgan fingerprint density at radius 2 is 2.00 bits per heavy atom. The zero-order chi connectivity index (χ0) is 16.1. The van der Waals surface area contributed by atoms with Crippen LogP contribution in [0.2, 0.25) is 0 Å². The average molecular weight is 312 g/mol. The summed E-state index contributed by atoms with van der Waals surface area (Å²) < 4.78 is 0. The normalized spacial score (nSPS) is 15.5. The van der Waals surface area contributed by atoms with E-state index in [0.29, 0.717) is 5.82 Å². The number of piperidine rings is 1. The number of benzene rings is 1. The number of anilines is 1. The fourth-order valence-electron chi connectivity index (χ4n) is 2.99. The smallest absolute Gasteiger partial charge is 0.228 e. The summed E-state index contributed by atoms with van der Waals surface area (Å²) in [6, 6.07) is 10.4. The molecule has 1 fully saturated rings. The van der Waals surface area contributed by atoms with E-state index in [0.717, 1.165) is 50.0 Å². The molecule has 122 valence electrons. The van der Waals surface area contributed by atoms with Crippen molar-refractivity contribution in [3.63, 3.8) is 0 Å². The third-order valence-corrected chi connectivity index (χ3v) is 4.34. The van der Waals surface area contributed by atoms with Crippen molar-refractivity contribution in [2.24, 2.45) is 5.92 Å². The number of nitrogens with zero attached hydrogens (tertiary/aromatic N) is 1. The molecule has 3 rings (SSSR count). The van der Waals surface area contributed by atoms with Gasteiger partial charge in [0, 0.05) is 12.0 Å². The lowest BCUT2D eigenvalue weighted by atomic mass is 9.97. The molecule has 0 unspecified atom stereocenters. The summed E-state index contributed by atoms with van der Waals surface area (Å²) >= 11 is 0. The van der Waals surface area contributed by atoms with Crippen molar-refractivity contribution in [1.29, 1.82) is 0 Å². The van der Waals surface area contributed by atoms with Crippen molar-refractivity contribution >= 4 is 11.7 Å². The van der Waals surface area contributed by atoms with Gasteiger partial charge in [-0.2, -0.15) is 5.10 Å². The third kappa shape index (κ3) is 3.99. The van der Waals surface area contributed by atoms with E-state index < -0.39 is 0 Å². The Hall–Kier alpha value is -2.14. The van der Waals surface area contributed by atoms with Gasteiger partial charge in [-0.25, -0.2) is 0 Å². The van der Waals surface area contributed by atoms with Crippen LogP contribution in [-0.4, -0.2) is 29.2 Å². The zero-order valence-electron chi connectivity index (χ0n) is 13.6. The molecule has 1 aliphatic heterocycles. The predicted octanol–water partition coefficient (Wildman–Crippen LogP) is 2.97. The summed E-state index contributed by atoms with van der Waals surface area (Å²) in [7, 11) is 0. The van der Waals surface area contributed by atoms with Crippen molar-refractivity contribution in [2.75, 3.05) is 18.4 Å². The van der Waals surface area contributed by atoms with Crippen LogP contribution >= 0.6 is 0 Å². The molecule has 2 heterocycles. The molecule has 0 bridgehead atoms. The number of hydrogen-bond acceptors (Lipinski definition) is 3. The van der Waals surface area contributed by atoms with Gasteiger partial charge in [-0.1, -0.05) is 37.6 Å². The second-order valence-corrected chi connectivity index (χ2v) is 6.13. The van der Waals surface area contributed by atoms with Crippen LogP contribution in [0.1, 0.15) is 31.7 Å². The lowest BCUT2D eigenvalue weighted by molar-refractivity contribution is -0.120. The first-order valence-corrected chi connectivity index (χ1v) is 8.42. The highest BCUT2D eigenvalue weighted by Crippen LogP contribution is 2.22. The van der Waals surface area contributed by atoms with E-state index in [1.807, 2.05) is 6.07 Å². The van der Waals surface area contributed by atoms with Gasteiger partial charge in [-0.3, -0.25) is 9.89 Å². The van der Waals surface area contributed by atoms with Gasteiger partial charge < -0.3 is 10.6 Å². The second-order valence-electron chi connectivity index (χ2n) is 6.13. The van der Waals surface area contributed by atoms with Crippen LogP contribution < -0.4 is 10.6 Å². The van der Waals surface area contributed by atoms with Crippen molar-refractivity contribution in [1.82, 2.24) is 15.5 Å². The highest BCUT2D eigenvalue weighted by Gasteiger charge is 2.21. The minimum Gasteiger partial charge on any atom is -0.317 e. The van der Waals surface area contributed by atoms with E-state index in [4.69, 9.17) is 0 Å². The molecular weight excluding hydrogens is 288 g/mol. The number of carbonyl (C=O) groups is 1. The summed E-state index contributed by atoms with van der Waals surface area (Å²) in [4.78, 5) is 12.2. The first-order chi connectivity index (χ1) is 11.3. The van der Waals surface area contributed by atoms with Gasteiger partial charge in [0.15, 0.2) is 5.82 Å². The summed E-state index contributed by atoms with van der Waals surface area (Å²) in [5.74, 6) is 0.758. The van der Waals surface area contributed by atoms with E-state index in [2.05, 4.69) is 52.0 Å². The van der Waals surface area contributed by atoms with Crippen molar-refractivity contribution in [3.8, 4) is 11.3 Å². The first-order valence-electron chi connectivity index (χ1n) is 8.42. The van der Waals surface area contributed by atoms with Crippen LogP contribution in [0.15, 0.2) is 30.3 Å². The molecule has 0 atom stereocenters. The lowest BCUT2D eigenvalue weighted by Gasteiger charge is -2.21. The molecule has 5 heteroatoms. The Labute approximate surface area is 136 Å². The Bertz CT molecular complexity index is 641. The molecular formula is C18H24N4O. The quantitative estimate of drug-likeness (QED) is 0.795. The third-order valence-electron chi connectivity index (χ3n) is 4.34. The van der Waals surface area contributed by atoms with Gasteiger partial charge >= 0.3 is 0 Å². The van der Waals surface area contributed by atoms with E-state index in [1.165, 1.54) is 5.56 Å². The first kappa shape index (κ1) is 15.7. The number of carbonyl (C=O) groups excluding carboxylic acids is 1. The Kier molecular flexibility index (Phi) is 5.08. The van der Waals surface area contributed by atoms with Gasteiger partial charge in [-0.15, -0.1) is 0 Å². The molecule has 1 aliphatic rings. The molecule has 0 spiro atoms. The fraction of sp³-hybridized carbons (Fsp3) is 0.444. The molecule has 5 nitrogen and oxygen atoms in total. The Morgan fingerprint density at radius 3 is 2.70 bits per heavy atom. The van der Waals surface area contributed by atoms with Crippen LogP contribution in [0.25, 0.3) is 11.3 Å². The highest BCUT2D eigenvalue weighted by molar-refractivity contribution is 5.92. The van der Waals surface area contributed by atoms with Crippen LogP contribution in [0.4, 0.5) is 5.82 Å². The lowest BCUT2D eigenvalue weighted by Crippen LogP contribution is -2.34. The number of amides is 1. The minimum atomic E-state index is 0.0721. The molecule has 1 aromatic carbocycles. The molecule has 0 radical (unpaired) electrons. The van der Waals surface area contributed by atoms with E-state index >= 15 is 0 Å². The molecule has 3 N–H and O–H groups in total. The minimum absolute atomic E-state index is 0.0721. The van der Waals surface area contributed by atoms with Gasteiger partial charge in [0.25, 0.3) is 0 Å². The molecule has 1 saturated heterocycles. The van der Waals surface area contributed by atoms with Crippen LogP contribution in [-0.2, 0) is 11.2 Å². The Morgan fingerprint density at radius 1 is 1.26 bits per heavy atom. The zero-order valence-corrected chi connectivity index (χ0v) is 13.6. The van der Waals surface area contributed by atoms with Crippen molar-refractivity contribution in [2.45, 2.75) is 32.6 Å². The molecule has 23 heavy (non-hydrogen) atoms. The average Bonchev–Trinajstić information content (AvgIpc) is 3.05. The van der Waals surface area contributed by atoms with Gasteiger partial charge in [0.05, 0.1) is 5.69 Å². The highest BCUT2D eigenvalue weighted by atomic mass is 16.2. The number of aromatic nitrogens is 2. The standard InChI is InChI=1S/C18H24N4O/c1-2-3-13-4-6-14(7-5-13)16-12-17(22-21-16)20-18(23)15-8-10-19-11-9-15/h4-7,12,15,19H,2-3,8-11H2,1H3,(H2,20,21,22,23). The Balaban J connectivity index is 1.64. The van der Waals surface area contributed by atoms with Crippen LogP contribution in [0, 0.1) is 5.92 Å². The summed E-state index contributed by atoms with van der Waals surface area (Å²) in [6.45, 7) is 4.00. The molecule has 0 aliphatic carbocycles. The fourth-order valence-corrected chi connectivity index (χ4v) is 2.99. The van der Waals surface area contributed by atoms with Crippen LogP contribution in [0.5, 0.6) is 0 Å². The van der Waals surface area contributed by atoms with Gasteiger partial charge in [0.2, 0.25) is 5.91 Å². The summed E-state index contributed by atoms with van der Waals surface area (Å²) in [6.07, 6.45) is 4.03. The van der Waals surface area contributed by atoms with Gasteiger partial charge in [0.1, 0.15) is 0 Å². The maximum absolute atomic E-state index is 12.2. The van der Waals surface area contributed by atoms with Crippen LogP contribution in [0.3, 0.4) is 0 Å². The maximum Gasteiger partial charge on any atom is 0.228 e. The summed E-state index contributed by atoms with van der Waals surface area (Å²) in [5, 5.41) is 13.4. The number of aromatic amines is 1. The number of H-pyrrole nitrogens is 1. The number of rotatable bonds is 5. The molecule has 1 aromatic heterocycles. The molecule has 2 aromatic rings. The van der Waals surface area contributed by atoms with E-state index in [9.17, 15) is 4.79 Å². The van der Waals surface area contributed by atoms with E-state index in [1.54, 1.807) is 0 Å². The van der Waals surface area contributed by atoms with Gasteiger partial charge in [-0.05, 0) is 43.5 Å². The number of hydrogen-bond donors (Lipinski definition) is 3.